The molecule has 0 bridgehead atoms. The number of ether oxygens (including phenoxy) is 1. The van der Waals surface area contributed by atoms with Crippen LogP contribution in [-0.2, 0) is 4.79 Å². The fourth-order valence-corrected chi connectivity index (χ4v) is 3.25. The molecule has 0 aliphatic carbocycles. The number of hydrogen-bond donors (Lipinski definition) is 1. The largest absolute Gasteiger partial charge is 0.490 e. The minimum Gasteiger partial charge on any atom is -0.490 e. The van der Waals surface area contributed by atoms with Crippen LogP contribution in [0.1, 0.15) is 26.2 Å². The Morgan fingerprint density at radius 3 is 2.62 bits per heavy atom. The SMILES string of the molecule is CC1(C(=O)N2CCC(Oc3ccccc3)CC2)CCNC1. The highest BCUT2D eigenvalue weighted by atomic mass is 16.5. The predicted octanol–water partition coefficient (Wildman–Crippen LogP) is 2.06. The van der Waals surface area contributed by atoms with E-state index in [4.69, 9.17) is 4.74 Å². The van der Waals surface area contributed by atoms with E-state index in [0.717, 1.165) is 51.2 Å². The van der Waals surface area contributed by atoms with E-state index in [1.165, 1.54) is 0 Å². The number of rotatable bonds is 3. The Kier molecular flexibility index (Phi) is 4.15. The molecule has 0 spiro atoms. The molecule has 2 aliphatic heterocycles. The molecule has 4 heteroatoms. The van der Waals surface area contributed by atoms with E-state index in [2.05, 4.69) is 12.2 Å². The second-order valence-corrected chi connectivity index (χ2v) is 6.41. The van der Waals surface area contributed by atoms with E-state index in [1.807, 2.05) is 35.2 Å². The van der Waals surface area contributed by atoms with Crippen molar-refractivity contribution in [2.45, 2.75) is 32.3 Å². The number of piperidine rings is 1. The van der Waals surface area contributed by atoms with Crippen LogP contribution >= 0.6 is 0 Å². The van der Waals surface area contributed by atoms with Gasteiger partial charge in [-0.25, -0.2) is 0 Å². The maximum atomic E-state index is 12.6. The van der Waals surface area contributed by atoms with Crippen molar-refractivity contribution in [1.82, 2.24) is 10.2 Å². The van der Waals surface area contributed by atoms with Crippen LogP contribution in [0, 0.1) is 5.41 Å². The quantitative estimate of drug-likeness (QED) is 0.925. The molecule has 1 N–H and O–H groups in total. The molecular weight excluding hydrogens is 264 g/mol. The van der Waals surface area contributed by atoms with Crippen LogP contribution in [0.25, 0.3) is 0 Å². The molecule has 3 rings (SSSR count). The number of hydrogen-bond acceptors (Lipinski definition) is 3. The van der Waals surface area contributed by atoms with Crippen LogP contribution in [0.2, 0.25) is 0 Å². The Balaban J connectivity index is 1.52. The number of nitrogens with zero attached hydrogens (tertiary/aromatic N) is 1. The highest BCUT2D eigenvalue weighted by Gasteiger charge is 2.40. The highest BCUT2D eigenvalue weighted by molar-refractivity contribution is 5.83. The Labute approximate surface area is 126 Å². The van der Waals surface area contributed by atoms with Crippen molar-refractivity contribution in [3.63, 3.8) is 0 Å². The van der Waals surface area contributed by atoms with E-state index in [9.17, 15) is 4.79 Å². The standard InChI is InChI=1S/C17H24N2O2/c1-17(9-10-18-13-17)16(20)19-11-7-15(8-12-19)21-14-5-3-2-4-6-14/h2-6,15,18H,7-13H2,1H3. The molecule has 2 fully saturated rings. The van der Waals surface area contributed by atoms with Gasteiger partial charge in [0.25, 0.3) is 0 Å². The van der Waals surface area contributed by atoms with Gasteiger partial charge >= 0.3 is 0 Å². The van der Waals surface area contributed by atoms with Crippen molar-refractivity contribution >= 4 is 5.91 Å². The molecule has 0 aromatic heterocycles. The van der Waals surface area contributed by atoms with Crippen LogP contribution in [0.15, 0.2) is 30.3 Å². The lowest BCUT2D eigenvalue weighted by atomic mass is 9.87. The Bertz CT molecular complexity index is 475. The monoisotopic (exact) mass is 288 g/mol. The third kappa shape index (κ3) is 3.21. The molecule has 1 aromatic rings. The Morgan fingerprint density at radius 2 is 2.00 bits per heavy atom. The summed E-state index contributed by atoms with van der Waals surface area (Å²) in [5.41, 5.74) is -0.201. The first-order chi connectivity index (χ1) is 10.2. The molecule has 1 aromatic carbocycles. The molecular formula is C17H24N2O2. The molecule has 1 amide bonds. The van der Waals surface area contributed by atoms with E-state index < -0.39 is 0 Å². The third-order valence-corrected chi connectivity index (χ3v) is 4.66. The van der Waals surface area contributed by atoms with Crippen LogP contribution in [0.5, 0.6) is 5.75 Å². The number of carbonyl (C=O) groups excluding carboxylic acids is 1. The number of amides is 1. The fraction of sp³-hybridized carbons (Fsp3) is 0.588. The average molecular weight is 288 g/mol. The second-order valence-electron chi connectivity index (χ2n) is 6.41. The van der Waals surface area contributed by atoms with E-state index >= 15 is 0 Å². The summed E-state index contributed by atoms with van der Waals surface area (Å²) in [6.07, 6.45) is 3.02. The number of likely N-dealkylation sites (tertiary alicyclic amines) is 1. The van der Waals surface area contributed by atoms with E-state index in [0.29, 0.717) is 5.91 Å². The van der Waals surface area contributed by atoms with Crippen LogP contribution in [0.4, 0.5) is 0 Å². The molecule has 2 saturated heterocycles. The molecule has 0 saturated carbocycles. The lowest BCUT2D eigenvalue weighted by Gasteiger charge is -2.36. The molecule has 4 nitrogen and oxygen atoms in total. The predicted molar refractivity (Wildman–Crippen MR) is 82.3 cm³/mol. The van der Waals surface area contributed by atoms with Gasteiger partial charge in [0, 0.05) is 32.5 Å². The van der Waals surface area contributed by atoms with Crippen LogP contribution in [0.3, 0.4) is 0 Å². The first-order valence-electron chi connectivity index (χ1n) is 7.89. The highest BCUT2D eigenvalue weighted by Crippen LogP contribution is 2.29. The first-order valence-corrected chi connectivity index (χ1v) is 7.89. The molecule has 1 atom stereocenters. The summed E-state index contributed by atoms with van der Waals surface area (Å²) in [6.45, 7) is 5.47. The maximum Gasteiger partial charge on any atom is 0.229 e. The van der Waals surface area contributed by atoms with Gasteiger partial charge in [0.05, 0.1) is 5.41 Å². The van der Waals surface area contributed by atoms with Crippen molar-refractivity contribution in [2.24, 2.45) is 5.41 Å². The zero-order chi connectivity index (χ0) is 14.7. The minimum absolute atomic E-state index is 0.201. The van der Waals surface area contributed by atoms with E-state index in [-0.39, 0.29) is 11.5 Å². The van der Waals surface area contributed by atoms with Gasteiger partial charge in [0.15, 0.2) is 0 Å². The third-order valence-electron chi connectivity index (χ3n) is 4.66. The second kappa shape index (κ2) is 6.06. The molecule has 2 aliphatic rings. The minimum atomic E-state index is -0.201. The average Bonchev–Trinajstić information content (AvgIpc) is 2.96. The molecule has 0 radical (unpaired) electrons. The first kappa shape index (κ1) is 14.4. The van der Waals surface area contributed by atoms with Crippen molar-refractivity contribution in [3.05, 3.63) is 30.3 Å². The van der Waals surface area contributed by atoms with Crippen molar-refractivity contribution in [3.8, 4) is 5.75 Å². The summed E-state index contributed by atoms with van der Waals surface area (Å²) in [5, 5.41) is 3.30. The van der Waals surface area contributed by atoms with Gasteiger partial charge < -0.3 is 15.0 Å². The Hall–Kier alpha value is -1.55. The summed E-state index contributed by atoms with van der Waals surface area (Å²) in [6, 6.07) is 9.94. The molecule has 21 heavy (non-hydrogen) atoms. The number of para-hydroxylation sites is 1. The summed E-state index contributed by atoms with van der Waals surface area (Å²) in [5.74, 6) is 1.24. The van der Waals surface area contributed by atoms with Gasteiger partial charge in [-0.3, -0.25) is 4.79 Å². The van der Waals surface area contributed by atoms with E-state index in [1.54, 1.807) is 0 Å². The topological polar surface area (TPSA) is 41.6 Å². The maximum absolute atomic E-state index is 12.6. The lowest BCUT2D eigenvalue weighted by molar-refractivity contribution is -0.142. The number of nitrogens with one attached hydrogen (secondary N) is 1. The molecule has 2 heterocycles. The summed E-state index contributed by atoms with van der Waals surface area (Å²) < 4.78 is 5.98. The smallest absolute Gasteiger partial charge is 0.229 e. The van der Waals surface area contributed by atoms with Gasteiger partial charge in [0.1, 0.15) is 11.9 Å². The number of benzene rings is 1. The van der Waals surface area contributed by atoms with Gasteiger partial charge in [-0.2, -0.15) is 0 Å². The van der Waals surface area contributed by atoms with Crippen LogP contribution in [-0.4, -0.2) is 43.1 Å². The van der Waals surface area contributed by atoms with Gasteiger partial charge in [-0.15, -0.1) is 0 Å². The van der Waals surface area contributed by atoms with Gasteiger partial charge in [-0.1, -0.05) is 18.2 Å². The fourth-order valence-electron chi connectivity index (χ4n) is 3.25. The number of carbonyl (C=O) groups is 1. The lowest BCUT2D eigenvalue weighted by Crippen LogP contribution is -2.48. The zero-order valence-electron chi connectivity index (χ0n) is 12.7. The Morgan fingerprint density at radius 1 is 1.29 bits per heavy atom. The van der Waals surface area contributed by atoms with Gasteiger partial charge in [-0.05, 0) is 32.0 Å². The van der Waals surface area contributed by atoms with Crippen molar-refractivity contribution < 1.29 is 9.53 Å². The molecule has 114 valence electrons. The normalized spacial score (nSPS) is 26.8. The summed E-state index contributed by atoms with van der Waals surface area (Å²) in [7, 11) is 0. The van der Waals surface area contributed by atoms with Gasteiger partial charge in [0.2, 0.25) is 5.91 Å². The van der Waals surface area contributed by atoms with Crippen LogP contribution < -0.4 is 10.1 Å². The molecule has 1 unspecified atom stereocenters. The van der Waals surface area contributed by atoms with Crippen molar-refractivity contribution in [1.29, 1.82) is 0 Å². The van der Waals surface area contributed by atoms with Crippen molar-refractivity contribution in [2.75, 3.05) is 26.2 Å². The summed E-state index contributed by atoms with van der Waals surface area (Å²) in [4.78, 5) is 14.7. The summed E-state index contributed by atoms with van der Waals surface area (Å²) >= 11 is 0. The zero-order valence-corrected chi connectivity index (χ0v) is 12.7.